The Bertz CT molecular complexity index is 1140. The molecule has 8 heteroatoms. The third-order valence-corrected chi connectivity index (χ3v) is 4.44. The highest BCUT2D eigenvalue weighted by Crippen LogP contribution is 2.33. The van der Waals surface area contributed by atoms with Crippen LogP contribution in [0.3, 0.4) is 0 Å². The van der Waals surface area contributed by atoms with E-state index in [0.717, 1.165) is 28.1 Å². The summed E-state index contributed by atoms with van der Waals surface area (Å²) >= 11 is 0. The van der Waals surface area contributed by atoms with Gasteiger partial charge in [-0.05, 0) is 29.8 Å². The van der Waals surface area contributed by atoms with E-state index in [1.165, 1.54) is 6.33 Å². The fourth-order valence-electron chi connectivity index (χ4n) is 3.08. The molecule has 134 valence electrons. The Kier molecular flexibility index (Phi) is 3.53. The molecule has 0 aliphatic carbocycles. The third kappa shape index (κ3) is 2.67. The SMILES string of the molecule is Nc1c(NCc2ccc3c(c2)OCO3)ncnc1-n1cnc2ccccc21. The summed E-state index contributed by atoms with van der Waals surface area (Å²) in [5, 5.41) is 3.26. The number of benzene rings is 2. The largest absolute Gasteiger partial charge is 0.454 e. The summed E-state index contributed by atoms with van der Waals surface area (Å²) in [6, 6.07) is 13.6. The first-order chi connectivity index (χ1) is 13.3. The molecule has 0 radical (unpaired) electrons. The molecular weight excluding hydrogens is 344 g/mol. The summed E-state index contributed by atoms with van der Waals surface area (Å²) in [6.07, 6.45) is 3.20. The van der Waals surface area contributed by atoms with Crippen LogP contribution >= 0.6 is 0 Å². The van der Waals surface area contributed by atoms with E-state index in [9.17, 15) is 0 Å². The Morgan fingerprint density at radius 1 is 1.04 bits per heavy atom. The van der Waals surface area contributed by atoms with Crippen molar-refractivity contribution in [2.45, 2.75) is 6.54 Å². The molecule has 4 aromatic rings. The highest BCUT2D eigenvalue weighted by molar-refractivity contribution is 5.80. The highest BCUT2D eigenvalue weighted by Gasteiger charge is 2.15. The molecule has 1 aliphatic rings. The lowest BCUT2D eigenvalue weighted by Crippen LogP contribution is -2.09. The number of hydrogen-bond acceptors (Lipinski definition) is 7. The van der Waals surface area contributed by atoms with Gasteiger partial charge >= 0.3 is 0 Å². The lowest BCUT2D eigenvalue weighted by molar-refractivity contribution is 0.174. The number of fused-ring (bicyclic) bond motifs is 2. The van der Waals surface area contributed by atoms with Crippen molar-refractivity contribution in [3.8, 4) is 17.3 Å². The van der Waals surface area contributed by atoms with Gasteiger partial charge in [0.2, 0.25) is 6.79 Å². The standard InChI is InChI=1S/C19H16N6O2/c20-17-18(21-8-12-5-6-15-16(7-12)27-11-26-15)22-9-23-19(17)25-10-24-13-3-1-2-4-14(13)25/h1-7,9-10H,8,11,20H2,(H,21,22,23). The Hall–Kier alpha value is -3.81. The van der Waals surface area contributed by atoms with Gasteiger partial charge in [-0.3, -0.25) is 4.57 Å². The molecule has 0 atom stereocenters. The van der Waals surface area contributed by atoms with Crippen LogP contribution in [-0.2, 0) is 6.54 Å². The molecule has 0 saturated carbocycles. The van der Waals surface area contributed by atoms with Crippen LogP contribution in [-0.4, -0.2) is 26.3 Å². The number of nitrogen functional groups attached to an aromatic ring is 1. The Morgan fingerprint density at radius 2 is 1.93 bits per heavy atom. The van der Waals surface area contributed by atoms with Crippen molar-refractivity contribution in [1.29, 1.82) is 0 Å². The quantitative estimate of drug-likeness (QED) is 0.577. The molecule has 2 aromatic heterocycles. The van der Waals surface area contributed by atoms with Crippen LogP contribution in [0.4, 0.5) is 11.5 Å². The summed E-state index contributed by atoms with van der Waals surface area (Å²) < 4.78 is 12.6. The van der Waals surface area contributed by atoms with Gasteiger partial charge in [-0.1, -0.05) is 18.2 Å². The average Bonchev–Trinajstić information content (AvgIpc) is 3.33. The Balaban J connectivity index is 1.43. The van der Waals surface area contributed by atoms with Crippen molar-refractivity contribution in [2.75, 3.05) is 17.8 Å². The number of anilines is 2. The first-order valence-corrected chi connectivity index (χ1v) is 8.45. The van der Waals surface area contributed by atoms with Gasteiger partial charge in [0.25, 0.3) is 0 Å². The van der Waals surface area contributed by atoms with Crippen LogP contribution in [0.1, 0.15) is 5.56 Å². The zero-order chi connectivity index (χ0) is 18.2. The van der Waals surface area contributed by atoms with Gasteiger partial charge in [-0.15, -0.1) is 0 Å². The zero-order valence-electron chi connectivity index (χ0n) is 14.3. The molecule has 5 rings (SSSR count). The van der Waals surface area contributed by atoms with E-state index in [1.54, 1.807) is 6.33 Å². The first kappa shape index (κ1) is 15.4. The van der Waals surface area contributed by atoms with Gasteiger partial charge < -0.3 is 20.5 Å². The van der Waals surface area contributed by atoms with Gasteiger partial charge in [0, 0.05) is 6.54 Å². The van der Waals surface area contributed by atoms with Crippen LogP contribution in [0.2, 0.25) is 0 Å². The number of nitrogens with zero attached hydrogens (tertiary/aromatic N) is 4. The topological polar surface area (TPSA) is 100 Å². The average molecular weight is 360 g/mol. The monoisotopic (exact) mass is 360 g/mol. The molecule has 3 heterocycles. The zero-order valence-corrected chi connectivity index (χ0v) is 14.3. The predicted molar refractivity (Wildman–Crippen MR) is 101 cm³/mol. The summed E-state index contributed by atoms with van der Waals surface area (Å²) in [6.45, 7) is 0.801. The highest BCUT2D eigenvalue weighted by atomic mass is 16.7. The summed E-state index contributed by atoms with van der Waals surface area (Å²) in [7, 11) is 0. The van der Waals surface area contributed by atoms with E-state index in [4.69, 9.17) is 15.2 Å². The van der Waals surface area contributed by atoms with Crippen LogP contribution in [0.15, 0.2) is 55.1 Å². The fourth-order valence-corrected chi connectivity index (χ4v) is 3.08. The predicted octanol–water partition coefficient (Wildman–Crippen LogP) is 2.74. The van der Waals surface area contributed by atoms with E-state index < -0.39 is 0 Å². The molecule has 27 heavy (non-hydrogen) atoms. The molecule has 0 fully saturated rings. The number of rotatable bonds is 4. The Morgan fingerprint density at radius 3 is 2.89 bits per heavy atom. The van der Waals surface area contributed by atoms with E-state index in [-0.39, 0.29) is 6.79 Å². The van der Waals surface area contributed by atoms with Crippen molar-refractivity contribution in [3.63, 3.8) is 0 Å². The van der Waals surface area contributed by atoms with Gasteiger partial charge in [0.1, 0.15) is 18.3 Å². The number of nitrogens with two attached hydrogens (primary N) is 1. The van der Waals surface area contributed by atoms with Gasteiger partial charge in [-0.2, -0.15) is 0 Å². The van der Waals surface area contributed by atoms with Gasteiger partial charge in [0.15, 0.2) is 23.1 Å². The molecule has 1 aliphatic heterocycles. The molecule has 0 saturated heterocycles. The number of para-hydroxylation sites is 2. The van der Waals surface area contributed by atoms with Crippen molar-refractivity contribution < 1.29 is 9.47 Å². The number of hydrogen-bond donors (Lipinski definition) is 2. The minimum atomic E-state index is 0.257. The lowest BCUT2D eigenvalue weighted by Gasteiger charge is -2.12. The number of ether oxygens (including phenoxy) is 2. The minimum absolute atomic E-state index is 0.257. The van der Waals surface area contributed by atoms with E-state index in [1.807, 2.05) is 47.0 Å². The molecule has 0 bridgehead atoms. The number of imidazole rings is 1. The molecular formula is C19H16N6O2. The van der Waals surface area contributed by atoms with Gasteiger partial charge in [0.05, 0.1) is 11.0 Å². The molecule has 0 unspecified atom stereocenters. The van der Waals surface area contributed by atoms with Crippen LogP contribution in [0.25, 0.3) is 16.9 Å². The first-order valence-electron chi connectivity index (χ1n) is 8.45. The van der Waals surface area contributed by atoms with E-state index >= 15 is 0 Å². The van der Waals surface area contributed by atoms with E-state index in [0.29, 0.717) is 23.9 Å². The molecule has 0 amide bonds. The maximum atomic E-state index is 6.34. The second-order valence-electron chi connectivity index (χ2n) is 6.10. The third-order valence-electron chi connectivity index (χ3n) is 4.44. The fraction of sp³-hybridized carbons (Fsp3) is 0.105. The van der Waals surface area contributed by atoms with Crippen molar-refractivity contribution in [1.82, 2.24) is 19.5 Å². The molecule has 8 nitrogen and oxygen atoms in total. The maximum absolute atomic E-state index is 6.34. The summed E-state index contributed by atoms with van der Waals surface area (Å²) in [5.74, 6) is 2.66. The van der Waals surface area contributed by atoms with Crippen LogP contribution in [0, 0.1) is 0 Å². The minimum Gasteiger partial charge on any atom is -0.454 e. The molecule has 0 spiro atoms. The lowest BCUT2D eigenvalue weighted by atomic mass is 10.2. The number of nitrogens with one attached hydrogen (secondary N) is 1. The van der Waals surface area contributed by atoms with Crippen LogP contribution < -0.4 is 20.5 Å². The van der Waals surface area contributed by atoms with Gasteiger partial charge in [-0.25, -0.2) is 15.0 Å². The Labute approximate surface area is 154 Å². The normalized spacial score (nSPS) is 12.4. The second-order valence-corrected chi connectivity index (χ2v) is 6.10. The summed E-state index contributed by atoms with van der Waals surface area (Å²) in [4.78, 5) is 13.0. The smallest absolute Gasteiger partial charge is 0.231 e. The second kappa shape index (κ2) is 6.17. The van der Waals surface area contributed by atoms with E-state index in [2.05, 4.69) is 20.3 Å². The maximum Gasteiger partial charge on any atom is 0.231 e. The summed E-state index contributed by atoms with van der Waals surface area (Å²) in [5.41, 5.74) is 9.65. The van der Waals surface area contributed by atoms with Crippen LogP contribution in [0.5, 0.6) is 11.5 Å². The van der Waals surface area contributed by atoms with Crippen molar-refractivity contribution in [2.24, 2.45) is 0 Å². The molecule has 2 aromatic carbocycles. The number of aromatic nitrogens is 4. The van der Waals surface area contributed by atoms with Crippen molar-refractivity contribution in [3.05, 3.63) is 60.7 Å². The van der Waals surface area contributed by atoms with Crippen molar-refractivity contribution >= 4 is 22.5 Å². The molecule has 3 N–H and O–H groups in total.